The Morgan fingerprint density at radius 3 is 2.59 bits per heavy atom. The first kappa shape index (κ1) is 12.8. The molecule has 0 aromatic rings. The average Bonchev–Trinajstić information content (AvgIpc) is 2.40. The van der Waals surface area contributed by atoms with Gasteiger partial charge in [0.25, 0.3) is 0 Å². The van der Waals surface area contributed by atoms with Gasteiger partial charge in [0.15, 0.2) is 0 Å². The monoisotopic (exact) mass is 243 g/mol. The molecule has 0 aromatic carbocycles. The zero-order valence-corrected chi connectivity index (χ0v) is 10.3. The highest BCUT2D eigenvalue weighted by Gasteiger charge is 2.27. The zero-order valence-electron chi connectivity index (χ0n) is 10.3. The van der Waals surface area contributed by atoms with Gasteiger partial charge in [0.05, 0.1) is 6.04 Å². The highest BCUT2D eigenvalue weighted by Crippen LogP contribution is 2.11. The van der Waals surface area contributed by atoms with Crippen LogP contribution in [0.15, 0.2) is 0 Å². The van der Waals surface area contributed by atoms with Gasteiger partial charge in [-0.1, -0.05) is 6.42 Å². The van der Waals surface area contributed by atoms with Gasteiger partial charge in [0.1, 0.15) is 6.67 Å². The molecule has 1 atom stereocenters. The number of alkyl halides is 1. The summed E-state index contributed by atoms with van der Waals surface area (Å²) in [5.41, 5.74) is 0. The molecular formula is C12H22FN3O. The Morgan fingerprint density at radius 2 is 2.00 bits per heavy atom. The molecule has 0 saturated carbocycles. The van der Waals surface area contributed by atoms with E-state index in [0.29, 0.717) is 6.54 Å². The van der Waals surface area contributed by atoms with Crippen molar-refractivity contribution in [1.82, 2.24) is 15.1 Å². The summed E-state index contributed by atoms with van der Waals surface area (Å²) in [7, 11) is 0. The first-order chi connectivity index (χ1) is 8.31. The van der Waals surface area contributed by atoms with Gasteiger partial charge < -0.3 is 10.2 Å². The first-order valence-electron chi connectivity index (χ1n) is 6.62. The zero-order chi connectivity index (χ0) is 12.1. The molecule has 2 fully saturated rings. The number of amides is 1. The topological polar surface area (TPSA) is 35.6 Å². The van der Waals surface area contributed by atoms with Crippen LogP contribution in [0.25, 0.3) is 0 Å². The maximum absolute atomic E-state index is 12.2. The van der Waals surface area contributed by atoms with Crippen molar-refractivity contribution in [2.45, 2.75) is 25.3 Å². The van der Waals surface area contributed by atoms with Crippen LogP contribution in [0.3, 0.4) is 0 Å². The summed E-state index contributed by atoms with van der Waals surface area (Å²) < 4.78 is 12.2. The third-order valence-electron chi connectivity index (χ3n) is 3.69. The lowest BCUT2D eigenvalue weighted by Crippen LogP contribution is -2.55. The molecule has 5 heteroatoms. The molecule has 2 heterocycles. The molecule has 2 aliphatic rings. The molecular weight excluding hydrogens is 221 g/mol. The molecule has 0 aromatic heterocycles. The number of nitrogens with one attached hydrogen (secondary N) is 1. The van der Waals surface area contributed by atoms with Crippen molar-refractivity contribution >= 4 is 5.91 Å². The van der Waals surface area contributed by atoms with Crippen LogP contribution in [0.4, 0.5) is 4.39 Å². The average molecular weight is 243 g/mol. The van der Waals surface area contributed by atoms with Gasteiger partial charge in [0, 0.05) is 32.7 Å². The van der Waals surface area contributed by atoms with Gasteiger partial charge in [-0.3, -0.25) is 9.69 Å². The Hall–Kier alpha value is -0.680. The molecule has 0 spiro atoms. The Labute approximate surface area is 102 Å². The van der Waals surface area contributed by atoms with Crippen LogP contribution < -0.4 is 5.32 Å². The van der Waals surface area contributed by atoms with E-state index >= 15 is 0 Å². The van der Waals surface area contributed by atoms with Gasteiger partial charge >= 0.3 is 0 Å². The first-order valence-corrected chi connectivity index (χ1v) is 6.62. The fourth-order valence-electron chi connectivity index (χ4n) is 2.59. The van der Waals surface area contributed by atoms with Gasteiger partial charge in [-0.2, -0.15) is 0 Å². The van der Waals surface area contributed by atoms with Crippen LogP contribution >= 0.6 is 0 Å². The van der Waals surface area contributed by atoms with E-state index < -0.39 is 0 Å². The summed E-state index contributed by atoms with van der Waals surface area (Å²) in [6.07, 6.45) is 3.28. The number of piperazine rings is 1. The largest absolute Gasteiger partial charge is 0.339 e. The number of carbonyl (C=O) groups is 1. The Morgan fingerprint density at radius 1 is 1.24 bits per heavy atom. The van der Waals surface area contributed by atoms with Crippen molar-refractivity contribution in [2.75, 3.05) is 45.9 Å². The SMILES string of the molecule is O=C(C1CCCCN1)N1CCN(CCF)CC1. The molecule has 2 rings (SSSR count). The standard InChI is InChI=1S/C12H22FN3O/c13-4-6-15-7-9-16(10-8-15)12(17)11-3-1-2-5-14-11/h11,14H,1-10H2. The predicted octanol–water partition coefficient (Wildman–Crippen LogP) is 0.242. The Kier molecular flexibility index (Phi) is 4.74. The summed E-state index contributed by atoms with van der Waals surface area (Å²) in [4.78, 5) is 16.2. The van der Waals surface area contributed by atoms with E-state index in [1.165, 1.54) is 6.42 Å². The van der Waals surface area contributed by atoms with Crippen LogP contribution in [0, 0.1) is 0 Å². The van der Waals surface area contributed by atoms with E-state index in [2.05, 4.69) is 10.2 Å². The lowest BCUT2D eigenvalue weighted by atomic mass is 10.0. The van der Waals surface area contributed by atoms with Gasteiger partial charge in [-0.25, -0.2) is 4.39 Å². The van der Waals surface area contributed by atoms with E-state index in [9.17, 15) is 9.18 Å². The summed E-state index contributed by atoms with van der Waals surface area (Å²) in [5.74, 6) is 0.240. The van der Waals surface area contributed by atoms with Crippen molar-refractivity contribution in [3.8, 4) is 0 Å². The van der Waals surface area contributed by atoms with E-state index in [-0.39, 0.29) is 18.6 Å². The Balaban J connectivity index is 1.77. The lowest BCUT2D eigenvalue weighted by molar-refractivity contribution is -0.135. The minimum atomic E-state index is -0.294. The number of nitrogens with zero attached hydrogens (tertiary/aromatic N) is 2. The second kappa shape index (κ2) is 6.31. The fourth-order valence-corrected chi connectivity index (χ4v) is 2.59. The fraction of sp³-hybridized carbons (Fsp3) is 0.917. The molecule has 1 unspecified atom stereocenters. The number of piperidine rings is 1. The van der Waals surface area contributed by atoms with Gasteiger partial charge in [-0.15, -0.1) is 0 Å². The smallest absolute Gasteiger partial charge is 0.239 e. The minimum Gasteiger partial charge on any atom is -0.339 e. The molecule has 1 amide bonds. The third kappa shape index (κ3) is 3.39. The van der Waals surface area contributed by atoms with Crippen LogP contribution in [0.5, 0.6) is 0 Å². The Bertz CT molecular complexity index is 248. The van der Waals surface area contributed by atoms with E-state index in [1.807, 2.05) is 4.90 Å². The molecule has 98 valence electrons. The van der Waals surface area contributed by atoms with Crippen molar-refractivity contribution in [2.24, 2.45) is 0 Å². The third-order valence-corrected chi connectivity index (χ3v) is 3.69. The summed E-state index contributed by atoms with van der Waals surface area (Å²) >= 11 is 0. The van der Waals surface area contributed by atoms with Crippen molar-refractivity contribution in [3.05, 3.63) is 0 Å². The number of hydrogen-bond acceptors (Lipinski definition) is 3. The predicted molar refractivity (Wildman–Crippen MR) is 64.6 cm³/mol. The van der Waals surface area contributed by atoms with E-state index in [4.69, 9.17) is 0 Å². The summed E-state index contributed by atoms with van der Waals surface area (Å²) in [5, 5.41) is 3.29. The number of carbonyl (C=O) groups excluding carboxylic acids is 1. The molecule has 2 aliphatic heterocycles. The lowest BCUT2D eigenvalue weighted by Gasteiger charge is -2.37. The van der Waals surface area contributed by atoms with Crippen molar-refractivity contribution < 1.29 is 9.18 Å². The van der Waals surface area contributed by atoms with Crippen LogP contribution in [-0.2, 0) is 4.79 Å². The molecule has 0 aliphatic carbocycles. The quantitative estimate of drug-likeness (QED) is 0.771. The maximum atomic E-state index is 12.2. The van der Waals surface area contributed by atoms with E-state index in [1.54, 1.807) is 0 Å². The molecule has 2 saturated heterocycles. The molecule has 0 bridgehead atoms. The van der Waals surface area contributed by atoms with Crippen LogP contribution in [0.1, 0.15) is 19.3 Å². The highest BCUT2D eigenvalue weighted by molar-refractivity contribution is 5.82. The van der Waals surface area contributed by atoms with E-state index in [0.717, 1.165) is 45.6 Å². The maximum Gasteiger partial charge on any atom is 0.239 e. The van der Waals surface area contributed by atoms with Crippen LogP contribution in [-0.4, -0.2) is 67.7 Å². The van der Waals surface area contributed by atoms with Crippen LogP contribution in [0.2, 0.25) is 0 Å². The molecule has 0 radical (unpaired) electrons. The number of halogens is 1. The van der Waals surface area contributed by atoms with Gasteiger partial charge in [-0.05, 0) is 19.4 Å². The minimum absolute atomic E-state index is 0.0245. The molecule has 1 N–H and O–H groups in total. The highest BCUT2D eigenvalue weighted by atomic mass is 19.1. The van der Waals surface area contributed by atoms with Crippen molar-refractivity contribution in [3.63, 3.8) is 0 Å². The molecule has 17 heavy (non-hydrogen) atoms. The summed E-state index contributed by atoms with van der Waals surface area (Å²) in [6, 6.07) is 0.0245. The normalized spacial score (nSPS) is 27.1. The van der Waals surface area contributed by atoms with Gasteiger partial charge in [0.2, 0.25) is 5.91 Å². The second-order valence-electron chi connectivity index (χ2n) is 4.86. The number of hydrogen-bond donors (Lipinski definition) is 1. The second-order valence-corrected chi connectivity index (χ2v) is 4.86. The number of rotatable bonds is 3. The van der Waals surface area contributed by atoms with Crippen molar-refractivity contribution in [1.29, 1.82) is 0 Å². The molecule has 4 nitrogen and oxygen atoms in total. The summed E-state index contributed by atoms with van der Waals surface area (Å²) in [6.45, 7) is 4.28.